The van der Waals surface area contributed by atoms with Crippen LogP contribution in [0.5, 0.6) is 0 Å². The summed E-state index contributed by atoms with van der Waals surface area (Å²) in [6.45, 7) is 4.62. The summed E-state index contributed by atoms with van der Waals surface area (Å²) < 4.78 is 0. The molecule has 0 N–H and O–H groups in total. The molecule has 0 radical (unpaired) electrons. The standard InChI is InChI=1S/C50H35N3/c1-48(39-26-12-6-20-33(39)34-21-7-13-27-40(34)48)45-51-46(49(2)41-28-14-8-22-35(41)36-23-9-15-29-42(36)49)53-47(52-45)50(32-18-4-3-5-19-32)43-30-16-10-24-37(43)38-25-11-17-31-44(38)50/h3-31H,1-2H3. The monoisotopic (exact) mass is 677 g/mol. The molecule has 0 bridgehead atoms. The van der Waals surface area contributed by atoms with Gasteiger partial charge in [-0.3, -0.25) is 0 Å². The van der Waals surface area contributed by atoms with Crippen LogP contribution < -0.4 is 0 Å². The van der Waals surface area contributed by atoms with E-state index in [4.69, 9.17) is 15.0 Å². The van der Waals surface area contributed by atoms with Crippen molar-refractivity contribution in [3.05, 3.63) is 232 Å². The van der Waals surface area contributed by atoms with E-state index in [0.717, 1.165) is 23.0 Å². The lowest BCUT2D eigenvalue weighted by atomic mass is 9.71. The van der Waals surface area contributed by atoms with Gasteiger partial charge < -0.3 is 0 Å². The van der Waals surface area contributed by atoms with Crippen LogP contribution in [0.4, 0.5) is 0 Å². The van der Waals surface area contributed by atoms with E-state index in [1.807, 2.05) is 0 Å². The highest BCUT2D eigenvalue weighted by molar-refractivity contribution is 5.87. The molecule has 0 fully saturated rings. The van der Waals surface area contributed by atoms with Gasteiger partial charge in [0.1, 0.15) is 17.1 Å². The number of hydrogen-bond donors (Lipinski definition) is 0. The molecular formula is C50H35N3. The van der Waals surface area contributed by atoms with Crippen LogP contribution in [-0.2, 0) is 16.2 Å². The van der Waals surface area contributed by atoms with Gasteiger partial charge in [-0.15, -0.1) is 0 Å². The third-order valence-corrected chi connectivity index (χ3v) is 12.5. The molecule has 53 heavy (non-hydrogen) atoms. The van der Waals surface area contributed by atoms with Crippen molar-refractivity contribution in [3.63, 3.8) is 0 Å². The Morgan fingerprint density at radius 3 is 0.906 bits per heavy atom. The van der Waals surface area contributed by atoms with Crippen LogP contribution in [0.15, 0.2) is 176 Å². The Kier molecular flexibility index (Phi) is 6.15. The lowest BCUT2D eigenvalue weighted by molar-refractivity contribution is 0.554. The number of nitrogens with zero attached hydrogens (tertiary/aromatic N) is 3. The van der Waals surface area contributed by atoms with Gasteiger partial charge in [0.05, 0.1) is 10.8 Å². The minimum atomic E-state index is -0.789. The van der Waals surface area contributed by atoms with E-state index in [0.29, 0.717) is 0 Å². The highest BCUT2D eigenvalue weighted by atomic mass is 15.1. The van der Waals surface area contributed by atoms with E-state index >= 15 is 0 Å². The molecule has 0 spiro atoms. The molecule has 0 unspecified atom stereocenters. The quantitative estimate of drug-likeness (QED) is 0.186. The van der Waals surface area contributed by atoms with Crippen molar-refractivity contribution in [3.8, 4) is 33.4 Å². The molecule has 0 amide bonds. The zero-order valence-electron chi connectivity index (χ0n) is 29.6. The van der Waals surface area contributed by atoms with Gasteiger partial charge in [0.25, 0.3) is 0 Å². The zero-order valence-corrected chi connectivity index (χ0v) is 29.6. The minimum absolute atomic E-state index is 0.636. The molecule has 1 aromatic heterocycles. The molecule has 3 nitrogen and oxygen atoms in total. The predicted molar refractivity (Wildman–Crippen MR) is 212 cm³/mol. The largest absolute Gasteiger partial charge is 0.215 e. The van der Waals surface area contributed by atoms with Crippen molar-refractivity contribution in [2.75, 3.05) is 0 Å². The zero-order chi connectivity index (χ0) is 35.4. The third kappa shape index (κ3) is 3.76. The Bertz CT molecular complexity index is 2520. The van der Waals surface area contributed by atoms with Crippen LogP contribution in [0.1, 0.15) is 70.3 Å². The lowest BCUT2D eigenvalue weighted by Crippen LogP contribution is -2.37. The number of hydrogen-bond acceptors (Lipinski definition) is 3. The number of fused-ring (bicyclic) bond motifs is 9. The van der Waals surface area contributed by atoms with Gasteiger partial charge in [-0.25, -0.2) is 15.0 Å². The lowest BCUT2D eigenvalue weighted by Gasteiger charge is -2.35. The van der Waals surface area contributed by atoms with Gasteiger partial charge in [0.2, 0.25) is 0 Å². The van der Waals surface area contributed by atoms with Crippen LogP contribution in [0, 0.1) is 0 Å². The third-order valence-electron chi connectivity index (χ3n) is 12.5. The van der Waals surface area contributed by atoms with E-state index in [1.165, 1.54) is 66.8 Å². The first-order valence-electron chi connectivity index (χ1n) is 18.5. The molecule has 0 saturated carbocycles. The van der Waals surface area contributed by atoms with Crippen LogP contribution in [0.2, 0.25) is 0 Å². The maximum absolute atomic E-state index is 5.81. The van der Waals surface area contributed by atoms with Crippen LogP contribution in [0.25, 0.3) is 33.4 Å². The average molecular weight is 678 g/mol. The Hall–Kier alpha value is -6.45. The van der Waals surface area contributed by atoms with Gasteiger partial charge in [0.15, 0.2) is 5.82 Å². The fraction of sp³-hybridized carbons (Fsp3) is 0.100. The predicted octanol–water partition coefficient (Wildman–Crippen LogP) is 10.9. The summed E-state index contributed by atoms with van der Waals surface area (Å²) in [4.78, 5) is 17.3. The normalized spacial score (nSPS) is 15.8. The Balaban J connectivity index is 1.31. The van der Waals surface area contributed by atoms with Crippen LogP contribution >= 0.6 is 0 Å². The summed E-state index contributed by atoms with van der Waals surface area (Å²) in [7, 11) is 0. The molecule has 0 saturated heterocycles. The first kappa shape index (κ1) is 30.2. The summed E-state index contributed by atoms with van der Waals surface area (Å²) in [5.41, 5.74) is 13.6. The second-order valence-electron chi connectivity index (χ2n) is 14.9. The van der Waals surface area contributed by atoms with Crippen molar-refractivity contribution in [2.24, 2.45) is 0 Å². The van der Waals surface area contributed by atoms with E-state index < -0.39 is 16.2 Å². The molecule has 3 aliphatic carbocycles. The highest BCUT2D eigenvalue weighted by Gasteiger charge is 2.52. The molecular weight excluding hydrogens is 643 g/mol. The van der Waals surface area contributed by atoms with Gasteiger partial charge >= 0.3 is 0 Å². The van der Waals surface area contributed by atoms with Crippen molar-refractivity contribution in [1.82, 2.24) is 15.0 Å². The van der Waals surface area contributed by atoms with Crippen LogP contribution in [0.3, 0.4) is 0 Å². The van der Waals surface area contributed by atoms with Gasteiger partial charge in [-0.1, -0.05) is 176 Å². The van der Waals surface area contributed by atoms with E-state index in [2.05, 4.69) is 190 Å². The van der Waals surface area contributed by atoms with Crippen LogP contribution in [-0.4, -0.2) is 15.0 Å². The highest BCUT2D eigenvalue weighted by Crippen LogP contribution is 2.58. The minimum Gasteiger partial charge on any atom is -0.215 e. The van der Waals surface area contributed by atoms with Crippen molar-refractivity contribution in [2.45, 2.75) is 30.1 Å². The topological polar surface area (TPSA) is 38.7 Å². The SMILES string of the molecule is CC1(c2nc(C3(C)c4ccccc4-c4ccccc43)nc(C3(c4ccccc4)c4ccccc4-c4ccccc43)n2)c2ccccc2-c2ccccc21. The summed E-state index contributed by atoms with van der Waals surface area (Å²) in [6, 6.07) is 63.6. The first-order chi connectivity index (χ1) is 26.1. The maximum atomic E-state index is 5.81. The summed E-state index contributed by atoms with van der Waals surface area (Å²) >= 11 is 0. The van der Waals surface area contributed by atoms with Crippen molar-refractivity contribution in [1.29, 1.82) is 0 Å². The molecule has 3 aliphatic rings. The molecule has 11 rings (SSSR count). The molecule has 250 valence electrons. The number of benzene rings is 7. The summed E-state index contributed by atoms with van der Waals surface area (Å²) in [6.07, 6.45) is 0. The van der Waals surface area contributed by atoms with E-state index in [1.54, 1.807) is 0 Å². The fourth-order valence-electron chi connectivity index (χ4n) is 9.98. The summed E-state index contributed by atoms with van der Waals surface area (Å²) in [5.74, 6) is 2.26. The molecule has 0 aliphatic heterocycles. The Labute approximate surface area is 309 Å². The maximum Gasteiger partial charge on any atom is 0.152 e. The van der Waals surface area contributed by atoms with Gasteiger partial charge in [-0.05, 0) is 86.2 Å². The van der Waals surface area contributed by atoms with Gasteiger partial charge in [-0.2, -0.15) is 0 Å². The van der Waals surface area contributed by atoms with E-state index in [9.17, 15) is 0 Å². The number of rotatable bonds is 4. The Morgan fingerprint density at radius 2 is 0.547 bits per heavy atom. The average Bonchev–Trinajstić information content (AvgIpc) is 3.79. The molecule has 7 aromatic carbocycles. The van der Waals surface area contributed by atoms with Gasteiger partial charge in [0, 0.05) is 0 Å². The summed E-state index contributed by atoms with van der Waals surface area (Å²) in [5, 5.41) is 0. The smallest absolute Gasteiger partial charge is 0.152 e. The first-order valence-corrected chi connectivity index (χ1v) is 18.5. The molecule has 3 heteroatoms. The second-order valence-corrected chi connectivity index (χ2v) is 14.9. The van der Waals surface area contributed by atoms with Crippen molar-refractivity contribution < 1.29 is 0 Å². The number of aromatic nitrogens is 3. The second kappa shape index (κ2) is 10.8. The fourth-order valence-corrected chi connectivity index (χ4v) is 9.98. The molecule has 8 aromatic rings. The van der Waals surface area contributed by atoms with E-state index in [-0.39, 0.29) is 0 Å². The Morgan fingerprint density at radius 1 is 0.283 bits per heavy atom. The molecule has 1 heterocycles. The van der Waals surface area contributed by atoms with Crippen molar-refractivity contribution >= 4 is 0 Å². The molecule has 0 atom stereocenters.